The predicted octanol–water partition coefficient (Wildman–Crippen LogP) is 0.660. The third-order valence-corrected chi connectivity index (χ3v) is 3.84. The lowest BCUT2D eigenvalue weighted by molar-refractivity contribution is 0.405. The van der Waals surface area contributed by atoms with E-state index in [1.165, 1.54) is 4.52 Å². The van der Waals surface area contributed by atoms with E-state index in [9.17, 15) is 4.79 Å². The molecule has 0 aliphatic heterocycles. The van der Waals surface area contributed by atoms with E-state index in [1.54, 1.807) is 0 Å². The van der Waals surface area contributed by atoms with Crippen molar-refractivity contribution in [2.45, 2.75) is 32.1 Å². The van der Waals surface area contributed by atoms with Crippen LogP contribution in [-0.4, -0.2) is 51.7 Å². The van der Waals surface area contributed by atoms with Gasteiger partial charge >= 0.3 is 0 Å². The van der Waals surface area contributed by atoms with Crippen LogP contribution in [0.25, 0.3) is 5.78 Å². The molecule has 7 nitrogen and oxygen atoms in total. The lowest BCUT2D eigenvalue weighted by Gasteiger charge is -2.12. The summed E-state index contributed by atoms with van der Waals surface area (Å²) in [5.41, 5.74) is 1.78. The third kappa shape index (κ3) is 2.92. The summed E-state index contributed by atoms with van der Waals surface area (Å²) in [4.78, 5) is 23.5. The van der Waals surface area contributed by atoms with Gasteiger partial charge in [-0.25, -0.2) is 4.98 Å². The first-order chi connectivity index (χ1) is 10.1. The molecule has 0 unspecified atom stereocenters. The van der Waals surface area contributed by atoms with Crippen LogP contribution in [0.1, 0.15) is 30.5 Å². The Balaban J connectivity index is 1.80. The van der Waals surface area contributed by atoms with Gasteiger partial charge in [-0.3, -0.25) is 9.89 Å². The van der Waals surface area contributed by atoms with Crippen LogP contribution >= 0.6 is 0 Å². The lowest BCUT2D eigenvalue weighted by Crippen LogP contribution is -2.25. The largest absolute Gasteiger partial charge is 0.355 e. The fourth-order valence-electron chi connectivity index (χ4n) is 2.73. The molecule has 0 radical (unpaired) electrons. The molecule has 21 heavy (non-hydrogen) atoms. The number of aryl methyl sites for hydroxylation is 1. The molecule has 0 spiro atoms. The Bertz CT molecular complexity index is 687. The Kier molecular flexibility index (Phi) is 3.92. The van der Waals surface area contributed by atoms with E-state index < -0.39 is 0 Å². The van der Waals surface area contributed by atoms with Gasteiger partial charge in [0.1, 0.15) is 0 Å². The number of nitrogens with one attached hydrogen (secondary N) is 2. The number of H-pyrrole nitrogens is 1. The second-order valence-corrected chi connectivity index (χ2v) is 5.84. The highest BCUT2D eigenvalue weighted by Crippen LogP contribution is 2.16. The number of nitrogens with zero attached hydrogens (tertiary/aromatic N) is 4. The minimum Gasteiger partial charge on any atom is -0.355 e. The van der Waals surface area contributed by atoms with Crippen LogP contribution in [0, 0.1) is 0 Å². The maximum atomic E-state index is 12.4. The Morgan fingerprint density at radius 3 is 2.90 bits per heavy atom. The molecular formula is C14H22N6O. The van der Waals surface area contributed by atoms with Crippen LogP contribution in [0.3, 0.4) is 0 Å². The number of fused-ring (bicyclic) bond motifs is 2. The molecular weight excluding hydrogens is 268 g/mol. The second-order valence-electron chi connectivity index (χ2n) is 5.84. The molecule has 2 aromatic heterocycles. The van der Waals surface area contributed by atoms with E-state index in [1.807, 2.05) is 0 Å². The monoisotopic (exact) mass is 290 g/mol. The van der Waals surface area contributed by atoms with Gasteiger partial charge in [0, 0.05) is 12.1 Å². The average molecular weight is 290 g/mol. The first-order valence-corrected chi connectivity index (χ1v) is 7.54. The fourth-order valence-corrected chi connectivity index (χ4v) is 2.73. The highest BCUT2D eigenvalue weighted by molar-refractivity contribution is 5.39. The van der Waals surface area contributed by atoms with Crippen LogP contribution in [0.15, 0.2) is 4.79 Å². The van der Waals surface area contributed by atoms with Gasteiger partial charge in [0.05, 0.1) is 5.69 Å². The Morgan fingerprint density at radius 1 is 1.29 bits per heavy atom. The SMILES string of the molecule is CN(C)CCCNc1nc2nc3c(c(=O)n2[nH]1)CCCC3. The van der Waals surface area contributed by atoms with Crippen molar-refractivity contribution in [3.63, 3.8) is 0 Å². The summed E-state index contributed by atoms with van der Waals surface area (Å²) >= 11 is 0. The first kappa shape index (κ1) is 14.1. The molecule has 0 saturated heterocycles. The van der Waals surface area contributed by atoms with Gasteiger partial charge in [-0.1, -0.05) is 0 Å². The highest BCUT2D eigenvalue weighted by atomic mass is 16.1. The summed E-state index contributed by atoms with van der Waals surface area (Å²) in [6.45, 7) is 1.83. The average Bonchev–Trinajstić information content (AvgIpc) is 2.87. The summed E-state index contributed by atoms with van der Waals surface area (Å²) in [6.07, 6.45) is 4.91. The van der Waals surface area contributed by atoms with Gasteiger partial charge in [0.15, 0.2) is 0 Å². The molecule has 0 fully saturated rings. The lowest BCUT2D eigenvalue weighted by atomic mass is 9.97. The summed E-state index contributed by atoms with van der Waals surface area (Å²) in [5.74, 6) is 1.08. The normalized spacial score (nSPS) is 14.6. The zero-order chi connectivity index (χ0) is 14.8. The summed E-state index contributed by atoms with van der Waals surface area (Å²) < 4.78 is 1.46. The summed E-state index contributed by atoms with van der Waals surface area (Å²) in [6, 6.07) is 0. The zero-order valence-electron chi connectivity index (χ0n) is 12.6. The quantitative estimate of drug-likeness (QED) is 0.791. The third-order valence-electron chi connectivity index (χ3n) is 3.84. The zero-order valence-corrected chi connectivity index (χ0v) is 12.6. The molecule has 0 saturated carbocycles. The van der Waals surface area contributed by atoms with Gasteiger partial charge in [-0.2, -0.15) is 9.50 Å². The Morgan fingerprint density at radius 2 is 2.10 bits per heavy atom. The van der Waals surface area contributed by atoms with E-state index in [4.69, 9.17) is 0 Å². The maximum Gasteiger partial charge on any atom is 0.277 e. The topological polar surface area (TPSA) is 78.3 Å². The van der Waals surface area contributed by atoms with Crippen molar-refractivity contribution >= 4 is 11.7 Å². The molecule has 0 bridgehead atoms. The first-order valence-electron chi connectivity index (χ1n) is 7.54. The number of hydrogen-bond acceptors (Lipinski definition) is 5. The van der Waals surface area contributed by atoms with Crippen molar-refractivity contribution in [2.75, 3.05) is 32.5 Å². The van der Waals surface area contributed by atoms with Crippen molar-refractivity contribution in [3.8, 4) is 0 Å². The molecule has 114 valence electrons. The summed E-state index contributed by atoms with van der Waals surface area (Å²) in [5, 5.41) is 6.22. The number of aromatic nitrogens is 4. The molecule has 7 heteroatoms. The second kappa shape index (κ2) is 5.85. The number of hydrogen-bond donors (Lipinski definition) is 2. The van der Waals surface area contributed by atoms with E-state index >= 15 is 0 Å². The van der Waals surface area contributed by atoms with Crippen LogP contribution in [0.2, 0.25) is 0 Å². The van der Waals surface area contributed by atoms with Crippen molar-refractivity contribution in [1.29, 1.82) is 0 Å². The predicted molar refractivity (Wildman–Crippen MR) is 81.9 cm³/mol. The highest BCUT2D eigenvalue weighted by Gasteiger charge is 2.18. The molecule has 2 aromatic rings. The summed E-state index contributed by atoms with van der Waals surface area (Å²) in [7, 11) is 4.10. The fraction of sp³-hybridized carbons (Fsp3) is 0.643. The van der Waals surface area contributed by atoms with E-state index in [-0.39, 0.29) is 5.56 Å². The minimum atomic E-state index is 0.00328. The van der Waals surface area contributed by atoms with E-state index in [0.29, 0.717) is 11.7 Å². The number of anilines is 1. The molecule has 2 N–H and O–H groups in total. The minimum absolute atomic E-state index is 0.00328. The van der Waals surface area contributed by atoms with Crippen molar-refractivity contribution in [2.24, 2.45) is 0 Å². The van der Waals surface area contributed by atoms with Gasteiger partial charge in [-0.15, -0.1) is 0 Å². The number of aromatic amines is 1. The van der Waals surface area contributed by atoms with Gasteiger partial charge in [0.2, 0.25) is 5.95 Å². The number of rotatable bonds is 5. The van der Waals surface area contributed by atoms with E-state index in [2.05, 4.69) is 39.4 Å². The Hall–Kier alpha value is -1.89. The molecule has 1 aliphatic rings. The molecule has 3 rings (SSSR count). The van der Waals surface area contributed by atoms with Crippen molar-refractivity contribution < 1.29 is 0 Å². The standard InChI is InChI=1S/C14H22N6O/c1-19(2)9-5-8-15-13-17-14-16-11-7-4-3-6-10(11)12(21)20(14)18-13/h3-9H2,1-2H3,(H2,15,16,17,18). The van der Waals surface area contributed by atoms with Crippen LogP contribution in [0.5, 0.6) is 0 Å². The molecule has 2 heterocycles. The Labute approximate surface area is 123 Å². The van der Waals surface area contributed by atoms with Crippen LogP contribution in [0.4, 0.5) is 5.95 Å². The van der Waals surface area contributed by atoms with Crippen molar-refractivity contribution in [1.82, 2.24) is 24.5 Å². The smallest absolute Gasteiger partial charge is 0.277 e. The van der Waals surface area contributed by atoms with Gasteiger partial charge in [0.25, 0.3) is 11.3 Å². The van der Waals surface area contributed by atoms with Crippen LogP contribution in [-0.2, 0) is 12.8 Å². The van der Waals surface area contributed by atoms with Crippen LogP contribution < -0.4 is 10.9 Å². The molecule has 0 atom stereocenters. The van der Waals surface area contributed by atoms with E-state index in [0.717, 1.165) is 56.5 Å². The molecule has 1 aliphatic carbocycles. The van der Waals surface area contributed by atoms with Gasteiger partial charge < -0.3 is 10.2 Å². The maximum absolute atomic E-state index is 12.4. The molecule has 0 amide bonds. The van der Waals surface area contributed by atoms with Crippen molar-refractivity contribution in [3.05, 3.63) is 21.6 Å². The van der Waals surface area contributed by atoms with Gasteiger partial charge in [-0.05, 0) is 52.7 Å². The molecule has 0 aromatic carbocycles.